The topological polar surface area (TPSA) is 93.7 Å². The predicted octanol–water partition coefficient (Wildman–Crippen LogP) is 2.32. The van der Waals surface area contributed by atoms with Crippen LogP contribution in [-0.4, -0.2) is 42.8 Å². The summed E-state index contributed by atoms with van der Waals surface area (Å²) in [5.41, 5.74) is -0.582. The average Bonchev–Trinajstić information content (AvgIpc) is 2.97. The summed E-state index contributed by atoms with van der Waals surface area (Å²) in [6.45, 7) is 7.24. The van der Waals surface area contributed by atoms with Crippen LogP contribution in [0.4, 0.5) is 4.79 Å². The monoisotopic (exact) mass is 356 g/mol. The van der Waals surface area contributed by atoms with E-state index in [0.29, 0.717) is 4.88 Å². The Hall–Kier alpha value is -2.09. The number of carbonyl (C=O) groups is 3. The predicted molar refractivity (Wildman–Crippen MR) is 91.1 cm³/mol. The van der Waals surface area contributed by atoms with Gasteiger partial charge in [0.05, 0.1) is 17.3 Å². The fourth-order valence-corrected chi connectivity index (χ4v) is 2.25. The van der Waals surface area contributed by atoms with Crippen molar-refractivity contribution in [2.24, 2.45) is 0 Å². The molecule has 2 amide bonds. The summed E-state index contributed by atoms with van der Waals surface area (Å²) in [6, 6.07) is 3.12. The molecule has 8 heteroatoms. The lowest BCUT2D eigenvalue weighted by Crippen LogP contribution is -2.40. The quantitative estimate of drug-likeness (QED) is 0.731. The molecule has 0 bridgehead atoms. The molecule has 0 aromatic carbocycles. The number of thiophene rings is 1. The first-order chi connectivity index (χ1) is 11.2. The van der Waals surface area contributed by atoms with Crippen molar-refractivity contribution in [1.29, 1.82) is 0 Å². The fraction of sp³-hybridized carbons (Fsp3) is 0.562. The molecule has 0 spiro atoms. The normalized spacial score (nSPS) is 12.2. The molecule has 0 saturated carbocycles. The van der Waals surface area contributed by atoms with E-state index in [2.05, 4.69) is 10.6 Å². The van der Waals surface area contributed by atoms with E-state index in [-0.39, 0.29) is 31.5 Å². The molecule has 0 saturated heterocycles. The Bertz CT molecular complexity index is 551. The zero-order valence-corrected chi connectivity index (χ0v) is 15.2. The Morgan fingerprint density at radius 2 is 2.00 bits per heavy atom. The van der Waals surface area contributed by atoms with Crippen LogP contribution in [0.5, 0.6) is 0 Å². The Kier molecular flexibility index (Phi) is 7.70. The lowest BCUT2D eigenvalue weighted by atomic mass is 10.2. The molecule has 1 atom stereocenters. The minimum Gasteiger partial charge on any atom is -0.463 e. The van der Waals surface area contributed by atoms with Crippen LogP contribution >= 0.6 is 11.3 Å². The summed E-state index contributed by atoms with van der Waals surface area (Å²) in [5.74, 6) is -0.655. The zero-order chi connectivity index (χ0) is 18.2. The van der Waals surface area contributed by atoms with E-state index >= 15 is 0 Å². The molecular weight excluding hydrogens is 332 g/mol. The van der Waals surface area contributed by atoms with Gasteiger partial charge in [0.15, 0.2) is 0 Å². The number of amides is 2. The molecule has 1 heterocycles. The Morgan fingerprint density at radius 1 is 1.29 bits per heavy atom. The lowest BCUT2D eigenvalue weighted by Gasteiger charge is -2.21. The second-order valence-electron chi connectivity index (χ2n) is 6.21. The summed E-state index contributed by atoms with van der Waals surface area (Å²) >= 11 is 1.33. The van der Waals surface area contributed by atoms with Crippen LogP contribution in [0, 0.1) is 0 Å². The summed E-state index contributed by atoms with van der Waals surface area (Å²) < 4.78 is 10.2. The zero-order valence-electron chi connectivity index (χ0n) is 14.4. The Morgan fingerprint density at radius 3 is 2.58 bits per heavy atom. The summed E-state index contributed by atoms with van der Waals surface area (Å²) in [6.07, 6.45) is -0.495. The molecule has 0 fully saturated rings. The van der Waals surface area contributed by atoms with Gasteiger partial charge in [-0.2, -0.15) is 0 Å². The smallest absolute Gasteiger partial charge is 0.407 e. The van der Waals surface area contributed by atoms with Gasteiger partial charge in [0.2, 0.25) is 0 Å². The highest BCUT2D eigenvalue weighted by atomic mass is 32.1. The van der Waals surface area contributed by atoms with Crippen molar-refractivity contribution in [3.8, 4) is 0 Å². The van der Waals surface area contributed by atoms with Crippen molar-refractivity contribution < 1.29 is 23.9 Å². The van der Waals surface area contributed by atoms with Gasteiger partial charge >= 0.3 is 12.1 Å². The molecule has 0 aliphatic rings. The second-order valence-corrected chi connectivity index (χ2v) is 7.16. The highest BCUT2D eigenvalue weighted by molar-refractivity contribution is 7.12. The maximum absolute atomic E-state index is 11.7. The number of nitrogens with one attached hydrogen (secondary N) is 2. The number of alkyl carbamates (subject to hydrolysis) is 1. The van der Waals surface area contributed by atoms with Crippen LogP contribution in [0.2, 0.25) is 0 Å². The van der Waals surface area contributed by atoms with Gasteiger partial charge in [-0.1, -0.05) is 6.07 Å². The van der Waals surface area contributed by atoms with E-state index in [1.54, 1.807) is 39.8 Å². The average molecular weight is 356 g/mol. The number of rotatable bonds is 7. The third-order valence-electron chi connectivity index (χ3n) is 2.62. The van der Waals surface area contributed by atoms with Gasteiger partial charge in [-0.05, 0) is 39.1 Å². The van der Waals surface area contributed by atoms with Crippen LogP contribution in [0.15, 0.2) is 17.5 Å². The van der Waals surface area contributed by atoms with Gasteiger partial charge in [-0.15, -0.1) is 11.3 Å². The maximum Gasteiger partial charge on any atom is 0.407 e. The first-order valence-corrected chi connectivity index (χ1v) is 8.52. The van der Waals surface area contributed by atoms with E-state index in [1.165, 1.54) is 11.3 Å². The Balaban J connectivity index is 2.16. The van der Waals surface area contributed by atoms with E-state index in [4.69, 9.17) is 9.47 Å². The van der Waals surface area contributed by atoms with Gasteiger partial charge < -0.3 is 20.1 Å². The van der Waals surface area contributed by atoms with E-state index in [1.807, 2.05) is 5.38 Å². The van der Waals surface area contributed by atoms with E-state index < -0.39 is 17.7 Å². The standard InChI is InChI=1S/C16H24N2O5S/c1-11(18-15(21)23-16(2,3)4)10-22-13(19)7-8-17-14(20)12-6-5-9-24-12/h5-6,9,11H,7-8,10H2,1-4H3,(H,17,20)(H,18,21)/t11-/m0/s1. The van der Waals surface area contributed by atoms with Crippen LogP contribution in [0.1, 0.15) is 43.8 Å². The van der Waals surface area contributed by atoms with Crippen LogP contribution < -0.4 is 10.6 Å². The van der Waals surface area contributed by atoms with Crippen molar-refractivity contribution >= 4 is 29.3 Å². The molecular formula is C16H24N2O5S. The molecule has 0 aliphatic heterocycles. The third kappa shape index (κ3) is 8.52. The first-order valence-electron chi connectivity index (χ1n) is 7.64. The van der Waals surface area contributed by atoms with E-state index in [9.17, 15) is 14.4 Å². The molecule has 134 valence electrons. The molecule has 1 rings (SSSR count). The molecule has 1 aromatic heterocycles. The van der Waals surface area contributed by atoms with Crippen LogP contribution in [-0.2, 0) is 14.3 Å². The molecule has 0 radical (unpaired) electrons. The molecule has 0 unspecified atom stereocenters. The molecule has 24 heavy (non-hydrogen) atoms. The van der Waals surface area contributed by atoms with Crippen molar-refractivity contribution in [3.63, 3.8) is 0 Å². The lowest BCUT2D eigenvalue weighted by molar-refractivity contribution is -0.144. The van der Waals surface area contributed by atoms with Gasteiger partial charge in [-0.25, -0.2) is 4.79 Å². The maximum atomic E-state index is 11.7. The van der Waals surface area contributed by atoms with Gasteiger partial charge in [0.25, 0.3) is 5.91 Å². The Labute approximate surface area is 145 Å². The molecule has 7 nitrogen and oxygen atoms in total. The van der Waals surface area contributed by atoms with Crippen molar-refractivity contribution in [2.75, 3.05) is 13.2 Å². The van der Waals surface area contributed by atoms with Crippen molar-refractivity contribution in [3.05, 3.63) is 22.4 Å². The number of hydrogen-bond donors (Lipinski definition) is 2. The highest BCUT2D eigenvalue weighted by Crippen LogP contribution is 2.08. The molecule has 2 N–H and O–H groups in total. The summed E-state index contributed by atoms with van der Waals surface area (Å²) in [5, 5.41) is 7.03. The van der Waals surface area contributed by atoms with Crippen molar-refractivity contribution in [2.45, 2.75) is 45.8 Å². The first kappa shape index (κ1) is 20.0. The van der Waals surface area contributed by atoms with Crippen LogP contribution in [0.25, 0.3) is 0 Å². The minimum absolute atomic E-state index is 0.0386. The van der Waals surface area contributed by atoms with Gasteiger partial charge in [-0.3, -0.25) is 9.59 Å². The minimum atomic E-state index is -0.582. The molecule has 1 aromatic rings. The third-order valence-corrected chi connectivity index (χ3v) is 3.49. The van der Waals surface area contributed by atoms with Crippen LogP contribution in [0.3, 0.4) is 0 Å². The SMILES string of the molecule is C[C@@H](COC(=O)CCNC(=O)c1cccs1)NC(=O)OC(C)(C)C. The summed E-state index contributed by atoms with van der Waals surface area (Å²) in [7, 11) is 0. The molecule has 0 aliphatic carbocycles. The van der Waals surface area contributed by atoms with Gasteiger partial charge in [0.1, 0.15) is 12.2 Å². The fourth-order valence-electron chi connectivity index (χ4n) is 1.61. The number of esters is 1. The second kappa shape index (κ2) is 9.27. The van der Waals surface area contributed by atoms with Gasteiger partial charge in [0, 0.05) is 6.54 Å². The van der Waals surface area contributed by atoms with E-state index in [0.717, 1.165) is 0 Å². The largest absolute Gasteiger partial charge is 0.463 e. The van der Waals surface area contributed by atoms with Crippen molar-refractivity contribution in [1.82, 2.24) is 10.6 Å². The summed E-state index contributed by atoms with van der Waals surface area (Å²) in [4.78, 5) is 35.4. The highest BCUT2D eigenvalue weighted by Gasteiger charge is 2.18. The number of ether oxygens (including phenoxy) is 2. The number of carbonyl (C=O) groups excluding carboxylic acids is 3. The number of hydrogen-bond acceptors (Lipinski definition) is 6.